The average Bonchev–Trinajstić information content (AvgIpc) is 3.40. The monoisotopic (exact) mass is 640 g/mol. The first-order valence-corrected chi connectivity index (χ1v) is 16.6. The van der Waals surface area contributed by atoms with Gasteiger partial charge in [-0.25, -0.2) is 14.3 Å². The van der Waals surface area contributed by atoms with Crippen LogP contribution in [-0.2, 0) is 0 Å². The van der Waals surface area contributed by atoms with Gasteiger partial charge in [0.05, 0.1) is 35.6 Å². The highest BCUT2D eigenvalue weighted by Gasteiger charge is 2.39. The number of piperidine rings is 1. The lowest BCUT2D eigenvalue weighted by Gasteiger charge is -2.45. The smallest absolute Gasteiger partial charge is 0.413 e. The summed E-state index contributed by atoms with van der Waals surface area (Å²) >= 11 is 1.88. The molecule has 11 nitrogen and oxygen atoms in total. The molecule has 2 saturated heterocycles. The minimum absolute atomic E-state index is 0.423. The molecule has 1 aromatic carbocycles. The van der Waals surface area contributed by atoms with E-state index in [1.54, 1.807) is 29.0 Å². The number of fused-ring (bicyclic) bond motifs is 1. The van der Waals surface area contributed by atoms with E-state index in [-0.39, 0.29) is 0 Å². The molecular weight excluding hydrogens is 600 g/mol. The van der Waals surface area contributed by atoms with Crippen molar-refractivity contribution in [1.82, 2.24) is 29.1 Å². The molecule has 240 valence electrons. The highest BCUT2D eigenvalue weighted by atomic mass is 32.2. The molecule has 6 rings (SSSR count). The number of benzene rings is 1. The van der Waals surface area contributed by atoms with Crippen LogP contribution in [0.4, 0.5) is 10.6 Å². The summed E-state index contributed by atoms with van der Waals surface area (Å²) in [4.78, 5) is 22.8. The molecule has 0 spiro atoms. The number of likely N-dealkylation sites (N-methyl/N-ethyl adjacent to an activating group) is 1. The second kappa shape index (κ2) is 14.0. The van der Waals surface area contributed by atoms with E-state index >= 15 is 0 Å². The molecule has 0 unspecified atom stereocenters. The molecule has 1 atom stereocenters. The molecular formula is C34H40N8O3S. The molecule has 12 heteroatoms. The van der Waals surface area contributed by atoms with Gasteiger partial charge in [0.25, 0.3) is 0 Å². The minimum atomic E-state index is -0.434. The molecule has 0 aliphatic carbocycles. The Labute approximate surface area is 274 Å². The van der Waals surface area contributed by atoms with Gasteiger partial charge >= 0.3 is 6.09 Å². The lowest BCUT2D eigenvalue weighted by Crippen LogP contribution is -2.61. The van der Waals surface area contributed by atoms with Crippen molar-refractivity contribution >= 4 is 29.4 Å². The third kappa shape index (κ3) is 7.22. The van der Waals surface area contributed by atoms with E-state index in [0.29, 0.717) is 28.9 Å². The van der Waals surface area contributed by atoms with Gasteiger partial charge in [-0.3, -0.25) is 9.21 Å². The number of carbonyl (C=O) groups is 1. The molecule has 4 aromatic rings. The summed E-state index contributed by atoms with van der Waals surface area (Å²) in [6.45, 7) is 9.82. The molecule has 5 heterocycles. The number of carbonyl (C=O) groups excluding carboxylic acids is 1. The first-order valence-electron chi connectivity index (χ1n) is 15.8. The van der Waals surface area contributed by atoms with Crippen LogP contribution < -0.4 is 19.7 Å². The van der Waals surface area contributed by atoms with E-state index in [0.717, 1.165) is 74.6 Å². The summed E-state index contributed by atoms with van der Waals surface area (Å²) in [7, 11) is 2.14. The number of anilines is 1. The van der Waals surface area contributed by atoms with Crippen molar-refractivity contribution in [2.24, 2.45) is 0 Å². The predicted molar refractivity (Wildman–Crippen MR) is 180 cm³/mol. The zero-order valence-electron chi connectivity index (χ0n) is 26.6. The zero-order chi connectivity index (χ0) is 32.1. The van der Waals surface area contributed by atoms with E-state index in [1.807, 2.05) is 61.5 Å². The Morgan fingerprint density at radius 2 is 1.91 bits per heavy atom. The average molecular weight is 641 g/mol. The van der Waals surface area contributed by atoms with Gasteiger partial charge < -0.3 is 19.7 Å². The molecule has 1 amide bonds. The number of amides is 1. The summed E-state index contributed by atoms with van der Waals surface area (Å²) in [6, 6.07) is 17.4. The number of pyridine rings is 2. The fourth-order valence-electron chi connectivity index (χ4n) is 6.40. The molecule has 0 bridgehead atoms. The molecule has 2 aliphatic rings. The maximum Gasteiger partial charge on any atom is 0.413 e. The number of hydrogen-bond acceptors (Lipinski definition) is 10. The van der Waals surface area contributed by atoms with Gasteiger partial charge in [-0.15, -0.1) is 0 Å². The fraction of sp³-hybridized carbons (Fsp3) is 0.412. The number of hydrogen-bond donors (Lipinski definition) is 1. The summed E-state index contributed by atoms with van der Waals surface area (Å²) < 4.78 is 15.4. The van der Waals surface area contributed by atoms with Gasteiger partial charge in [0.15, 0.2) is 0 Å². The Morgan fingerprint density at radius 1 is 1.11 bits per heavy atom. The quantitative estimate of drug-likeness (QED) is 0.262. The predicted octanol–water partition coefficient (Wildman–Crippen LogP) is 5.08. The van der Waals surface area contributed by atoms with Crippen molar-refractivity contribution in [1.29, 1.82) is 5.26 Å². The van der Waals surface area contributed by atoms with Gasteiger partial charge in [-0.05, 0) is 57.1 Å². The van der Waals surface area contributed by atoms with Gasteiger partial charge in [-0.2, -0.15) is 10.4 Å². The summed E-state index contributed by atoms with van der Waals surface area (Å²) in [5.41, 5.74) is 2.51. The van der Waals surface area contributed by atoms with Crippen LogP contribution in [0.25, 0.3) is 16.6 Å². The number of aromatic nitrogens is 3. The zero-order valence-corrected chi connectivity index (χ0v) is 27.4. The van der Waals surface area contributed by atoms with E-state index in [2.05, 4.69) is 44.6 Å². The molecule has 0 saturated carbocycles. The Bertz CT molecular complexity index is 1680. The summed E-state index contributed by atoms with van der Waals surface area (Å²) in [5.74, 6) is 2.08. The third-order valence-corrected chi connectivity index (χ3v) is 9.63. The van der Waals surface area contributed by atoms with Crippen molar-refractivity contribution in [3.63, 3.8) is 0 Å². The maximum absolute atomic E-state index is 13.2. The van der Waals surface area contributed by atoms with Crippen LogP contribution in [0.15, 0.2) is 67.1 Å². The molecule has 1 N–H and O–H groups in total. The third-order valence-electron chi connectivity index (χ3n) is 8.58. The number of para-hydroxylation sites is 1. The Balaban J connectivity index is 1.20. The van der Waals surface area contributed by atoms with Crippen molar-refractivity contribution in [3.05, 3.63) is 72.7 Å². The topological polar surface area (TPSA) is 111 Å². The minimum Gasteiger partial charge on any atom is -0.492 e. The van der Waals surface area contributed by atoms with Crippen molar-refractivity contribution in [3.8, 4) is 28.7 Å². The Hall–Kier alpha value is -4.31. The van der Waals surface area contributed by atoms with Gasteiger partial charge in [-0.1, -0.05) is 37.1 Å². The molecule has 2 aliphatic heterocycles. The van der Waals surface area contributed by atoms with E-state index in [1.165, 1.54) is 0 Å². The van der Waals surface area contributed by atoms with Crippen LogP contribution in [0.5, 0.6) is 11.5 Å². The standard InChI is InChI=1S/C34H40N8O3S/c1-4-44-29-18-30(32-27(19-35)21-37-42(32)23-29)26-10-11-31(36-20-26)41-14-12-34(13-15-41,24-40-17-16-39(3)46-25(2)22-40)38-33(43)45-28-8-6-5-7-9-28/h5-11,18,20-21,23,25H,4,12-17,22,24H2,1-3H3,(H,38,43)/t25-/m0/s1. The lowest BCUT2D eigenvalue weighted by molar-refractivity contribution is 0.137. The van der Waals surface area contributed by atoms with Crippen LogP contribution in [0, 0.1) is 11.3 Å². The normalized spacial score (nSPS) is 18.9. The van der Waals surface area contributed by atoms with E-state index in [9.17, 15) is 10.1 Å². The van der Waals surface area contributed by atoms with Crippen LogP contribution in [0.1, 0.15) is 32.3 Å². The fourth-order valence-corrected chi connectivity index (χ4v) is 7.48. The van der Waals surface area contributed by atoms with Gasteiger partial charge in [0.1, 0.15) is 23.4 Å². The summed E-state index contributed by atoms with van der Waals surface area (Å²) in [6.07, 6.45) is 6.30. The second-order valence-corrected chi connectivity index (χ2v) is 13.6. The largest absolute Gasteiger partial charge is 0.492 e. The molecule has 46 heavy (non-hydrogen) atoms. The van der Waals surface area contributed by atoms with E-state index < -0.39 is 11.6 Å². The number of ether oxygens (including phenoxy) is 2. The van der Waals surface area contributed by atoms with Crippen LogP contribution >= 0.6 is 11.9 Å². The summed E-state index contributed by atoms with van der Waals surface area (Å²) in [5, 5.41) is 17.8. The lowest BCUT2D eigenvalue weighted by atomic mass is 9.86. The van der Waals surface area contributed by atoms with Crippen LogP contribution in [0.3, 0.4) is 0 Å². The van der Waals surface area contributed by atoms with Crippen molar-refractivity contribution in [2.45, 2.75) is 37.5 Å². The van der Waals surface area contributed by atoms with Gasteiger partial charge in [0.2, 0.25) is 0 Å². The van der Waals surface area contributed by atoms with E-state index in [4.69, 9.17) is 14.5 Å². The second-order valence-electron chi connectivity index (χ2n) is 12.0. The number of rotatable bonds is 8. The molecule has 0 radical (unpaired) electrons. The molecule has 3 aromatic heterocycles. The Kier molecular flexibility index (Phi) is 9.63. The van der Waals surface area contributed by atoms with Crippen molar-refractivity contribution in [2.75, 3.05) is 57.8 Å². The van der Waals surface area contributed by atoms with Crippen LogP contribution in [0.2, 0.25) is 0 Å². The number of nitrogens with one attached hydrogen (secondary N) is 1. The number of nitrogens with zero attached hydrogens (tertiary/aromatic N) is 7. The van der Waals surface area contributed by atoms with Gasteiger partial charge in [0, 0.05) is 61.8 Å². The molecule has 2 fully saturated rings. The first kappa shape index (κ1) is 31.7. The highest BCUT2D eigenvalue weighted by molar-refractivity contribution is 7.97. The Morgan fingerprint density at radius 3 is 2.63 bits per heavy atom. The van der Waals surface area contributed by atoms with Crippen LogP contribution in [-0.4, -0.2) is 93.6 Å². The van der Waals surface area contributed by atoms with Crippen molar-refractivity contribution < 1.29 is 14.3 Å². The number of nitriles is 1. The SMILES string of the molecule is CCOc1cc(-c2ccc(N3CCC(CN4CCN(C)S[C@@H](C)C4)(NC(=O)Oc4ccccc4)CC3)nc2)c2c(C#N)cnn2c1. The highest BCUT2D eigenvalue weighted by Crippen LogP contribution is 2.33. The first-order chi connectivity index (χ1) is 22.3. The maximum atomic E-state index is 13.2.